The Bertz CT molecular complexity index is 1620. The number of likely N-dealkylation sites (N-methyl/N-ethyl adjacent to an activating group) is 1. The Labute approximate surface area is 242 Å². The molecule has 3 heterocycles. The van der Waals surface area contributed by atoms with Crippen molar-refractivity contribution in [1.29, 1.82) is 5.26 Å². The lowest BCUT2D eigenvalue weighted by molar-refractivity contribution is 0.0993. The van der Waals surface area contributed by atoms with Crippen molar-refractivity contribution in [1.82, 2.24) is 29.7 Å². The molecule has 4 aromatic rings. The summed E-state index contributed by atoms with van der Waals surface area (Å²) in [5, 5.41) is 23.0. The molecule has 0 bridgehead atoms. The number of carbonyl (C=O) groups excluding carboxylic acids is 1. The summed E-state index contributed by atoms with van der Waals surface area (Å²) in [5.41, 5.74) is 7.32. The number of aromatic nitrogens is 5. The van der Waals surface area contributed by atoms with Crippen molar-refractivity contribution < 1.29 is 4.79 Å². The van der Waals surface area contributed by atoms with Crippen molar-refractivity contribution in [2.45, 2.75) is 46.0 Å². The highest BCUT2D eigenvalue weighted by Crippen LogP contribution is 2.30. The number of nitrogens with zero attached hydrogens (tertiary/aromatic N) is 8. The van der Waals surface area contributed by atoms with Crippen LogP contribution in [0.2, 0.25) is 0 Å². The molecule has 0 unspecified atom stereocenters. The van der Waals surface area contributed by atoms with Crippen LogP contribution in [0.15, 0.2) is 48.8 Å². The second-order valence-electron chi connectivity index (χ2n) is 11.7. The van der Waals surface area contributed by atoms with Crippen LogP contribution in [0.5, 0.6) is 0 Å². The van der Waals surface area contributed by atoms with Crippen molar-refractivity contribution in [2.24, 2.45) is 7.05 Å². The van der Waals surface area contributed by atoms with E-state index in [4.69, 9.17) is 0 Å². The highest BCUT2D eigenvalue weighted by molar-refractivity contribution is 5.98. The molecule has 212 valence electrons. The van der Waals surface area contributed by atoms with E-state index >= 15 is 0 Å². The molecule has 1 aliphatic rings. The Morgan fingerprint density at radius 2 is 1.85 bits per heavy atom. The zero-order valence-electron chi connectivity index (χ0n) is 24.8. The normalized spacial score (nSPS) is 14.6. The fourth-order valence-corrected chi connectivity index (χ4v) is 5.24. The van der Waals surface area contributed by atoms with E-state index in [2.05, 4.69) is 44.4 Å². The molecular weight excluding hydrogens is 512 g/mol. The lowest BCUT2D eigenvalue weighted by Crippen LogP contribution is -2.29. The molecule has 0 atom stereocenters. The molecule has 2 aromatic carbocycles. The predicted octanol–water partition coefficient (Wildman–Crippen LogP) is 4.65. The van der Waals surface area contributed by atoms with Gasteiger partial charge in [0.2, 0.25) is 0 Å². The van der Waals surface area contributed by atoms with Crippen molar-refractivity contribution >= 4 is 11.5 Å². The van der Waals surface area contributed by atoms with E-state index in [1.54, 1.807) is 10.9 Å². The number of ketones is 1. The Hall–Kier alpha value is -4.29. The number of nitriles is 1. The highest BCUT2D eigenvalue weighted by Gasteiger charge is 2.24. The molecular formula is C32H38N8O. The third-order valence-corrected chi connectivity index (χ3v) is 8.22. The first-order valence-electron chi connectivity index (χ1n) is 14.1. The molecule has 5 rings (SSSR count). The van der Waals surface area contributed by atoms with Crippen LogP contribution in [-0.4, -0.2) is 68.7 Å². The Balaban J connectivity index is 1.44. The van der Waals surface area contributed by atoms with Gasteiger partial charge in [0, 0.05) is 55.6 Å². The molecule has 1 aliphatic heterocycles. The predicted molar refractivity (Wildman–Crippen MR) is 160 cm³/mol. The lowest BCUT2D eigenvalue weighted by atomic mass is 9.84. The third-order valence-electron chi connectivity index (χ3n) is 8.22. The van der Waals surface area contributed by atoms with Gasteiger partial charge in [0.15, 0.2) is 5.78 Å². The van der Waals surface area contributed by atoms with Crippen LogP contribution in [0.3, 0.4) is 0 Å². The first-order valence-corrected chi connectivity index (χ1v) is 14.1. The van der Waals surface area contributed by atoms with E-state index in [0.717, 1.165) is 77.6 Å². The monoisotopic (exact) mass is 550 g/mol. The van der Waals surface area contributed by atoms with E-state index in [0.29, 0.717) is 5.56 Å². The van der Waals surface area contributed by atoms with Crippen LogP contribution < -0.4 is 4.90 Å². The quantitative estimate of drug-likeness (QED) is 0.309. The van der Waals surface area contributed by atoms with Crippen molar-refractivity contribution in [3.8, 4) is 23.0 Å². The number of carbonyl (C=O) groups is 1. The van der Waals surface area contributed by atoms with Gasteiger partial charge < -0.3 is 9.80 Å². The maximum atomic E-state index is 13.7. The smallest absolute Gasteiger partial charge is 0.167 e. The van der Waals surface area contributed by atoms with Gasteiger partial charge in [-0.05, 0) is 88.7 Å². The van der Waals surface area contributed by atoms with Gasteiger partial charge in [0.05, 0.1) is 29.6 Å². The largest absolute Gasteiger partial charge is 0.370 e. The summed E-state index contributed by atoms with van der Waals surface area (Å²) in [7, 11) is 4.05. The topological polar surface area (TPSA) is 95.9 Å². The standard InChI is InChI=1S/C32H38N8O/c1-22-8-9-24(14-30(22)40-20-29(35-36-40)28-19-34-38(6)23(28)2)15-31(41)25-16-26(32(3,4)21-33)18-27(17-25)39-11-7-10-37(5)12-13-39/h8-9,14,16-20H,7,10-13,15H2,1-6H3. The molecule has 9 nitrogen and oxygen atoms in total. The van der Waals surface area contributed by atoms with Gasteiger partial charge >= 0.3 is 0 Å². The fourth-order valence-electron chi connectivity index (χ4n) is 5.24. The maximum Gasteiger partial charge on any atom is 0.167 e. The van der Waals surface area contributed by atoms with E-state index in [1.165, 1.54) is 0 Å². The summed E-state index contributed by atoms with van der Waals surface area (Å²) in [4.78, 5) is 18.4. The summed E-state index contributed by atoms with van der Waals surface area (Å²) in [5.74, 6) is 0.0221. The van der Waals surface area contributed by atoms with Crippen LogP contribution in [0.4, 0.5) is 5.69 Å². The zero-order valence-corrected chi connectivity index (χ0v) is 24.8. The molecule has 1 saturated heterocycles. The Morgan fingerprint density at radius 3 is 2.59 bits per heavy atom. The number of anilines is 1. The van der Waals surface area contributed by atoms with Crippen molar-refractivity contribution in [3.05, 3.63) is 76.7 Å². The summed E-state index contributed by atoms with van der Waals surface area (Å²) >= 11 is 0. The van der Waals surface area contributed by atoms with Gasteiger partial charge in [0.25, 0.3) is 0 Å². The maximum absolute atomic E-state index is 13.7. The van der Waals surface area contributed by atoms with Crippen LogP contribution >= 0.6 is 0 Å². The van der Waals surface area contributed by atoms with Crippen LogP contribution in [0.1, 0.15) is 53.0 Å². The highest BCUT2D eigenvalue weighted by atomic mass is 16.1. The molecule has 0 amide bonds. The second-order valence-corrected chi connectivity index (χ2v) is 11.7. The average Bonchev–Trinajstić information content (AvgIpc) is 3.50. The molecule has 2 aromatic heterocycles. The summed E-state index contributed by atoms with van der Waals surface area (Å²) in [6.45, 7) is 11.7. The molecule has 41 heavy (non-hydrogen) atoms. The van der Waals surface area contributed by atoms with Gasteiger partial charge in [-0.3, -0.25) is 9.48 Å². The minimum Gasteiger partial charge on any atom is -0.370 e. The first kappa shape index (κ1) is 28.2. The molecule has 0 aliphatic carbocycles. The van der Waals surface area contributed by atoms with Gasteiger partial charge in [-0.15, -0.1) is 5.10 Å². The van der Waals surface area contributed by atoms with Crippen LogP contribution in [-0.2, 0) is 18.9 Å². The van der Waals surface area contributed by atoms with Crippen molar-refractivity contribution in [3.63, 3.8) is 0 Å². The Morgan fingerprint density at radius 1 is 1.05 bits per heavy atom. The van der Waals surface area contributed by atoms with E-state index in [1.807, 2.05) is 76.0 Å². The average molecular weight is 551 g/mol. The van der Waals surface area contributed by atoms with Crippen LogP contribution in [0.25, 0.3) is 16.9 Å². The van der Waals surface area contributed by atoms with Gasteiger partial charge in [-0.1, -0.05) is 17.3 Å². The lowest BCUT2D eigenvalue weighted by Gasteiger charge is -2.26. The molecule has 0 saturated carbocycles. The minimum atomic E-state index is -0.706. The molecule has 1 fully saturated rings. The summed E-state index contributed by atoms with van der Waals surface area (Å²) < 4.78 is 3.57. The SMILES string of the molecule is Cc1ccc(CC(=O)c2cc(N3CCCN(C)CC3)cc(C(C)(C)C#N)c2)cc1-n1cc(-c2cnn(C)c2C)nn1. The fraction of sp³-hybridized carbons (Fsp3) is 0.406. The first-order chi connectivity index (χ1) is 19.6. The molecule has 0 spiro atoms. The zero-order chi connectivity index (χ0) is 29.3. The number of hydrogen-bond donors (Lipinski definition) is 0. The van der Waals surface area contributed by atoms with E-state index in [9.17, 15) is 10.1 Å². The van der Waals surface area contributed by atoms with E-state index < -0.39 is 5.41 Å². The number of Topliss-reactive ketones (excluding diaryl/α,β-unsaturated/α-hetero) is 1. The van der Waals surface area contributed by atoms with Crippen molar-refractivity contribution in [2.75, 3.05) is 38.1 Å². The minimum absolute atomic E-state index is 0.0221. The van der Waals surface area contributed by atoms with E-state index in [-0.39, 0.29) is 12.2 Å². The molecule has 0 radical (unpaired) electrons. The third kappa shape index (κ3) is 5.93. The van der Waals surface area contributed by atoms with Gasteiger partial charge in [-0.2, -0.15) is 10.4 Å². The van der Waals surface area contributed by atoms with Gasteiger partial charge in [0.1, 0.15) is 5.69 Å². The molecule has 9 heteroatoms. The number of rotatable bonds is 7. The van der Waals surface area contributed by atoms with Gasteiger partial charge in [-0.25, -0.2) is 4.68 Å². The summed E-state index contributed by atoms with van der Waals surface area (Å²) in [6, 6.07) is 14.4. The summed E-state index contributed by atoms with van der Waals surface area (Å²) in [6.07, 6.45) is 5.00. The Kier molecular flexibility index (Phi) is 7.78. The number of hydrogen-bond acceptors (Lipinski definition) is 7. The van der Waals surface area contributed by atoms with Crippen LogP contribution in [0, 0.1) is 25.2 Å². The molecule has 0 N–H and O–H groups in total. The number of aryl methyl sites for hydroxylation is 2. The number of benzene rings is 2. The second kappa shape index (κ2) is 11.3.